The molecule has 1 amide bonds. The number of carbonyl (C=O) groups is 1. The molecule has 0 aliphatic carbocycles. The highest BCUT2D eigenvalue weighted by molar-refractivity contribution is 7.91. The number of sulfone groups is 1. The molecule has 1 saturated heterocycles. The van der Waals surface area contributed by atoms with Gasteiger partial charge >= 0.3 is 0 Å². The highest BCUT2D eigenvalue weighted by Crippen LogP contribution is 2.24. The highest BCUT2D eigenvalue weighted by Gasteiger charge is 2.26. The van der Waals surface area contributed by atoms with E-state index >= 15 is 0 Å². The van der Waals surface area contributed by atoms with E-state index in [1.807, 2.05) is 0 Å². The lowest BCUT2D eigenvalue weighted by Crippen LogP contribution is -2.47. The van der Waals surface area contributed by atoms with E-state index in [1.165, 1.54) is 0 Å². The topological polar surface area (TPSA) is 75.3 Å². The van der Waals surface area contributed by atoms with Gasteiger partial charge in [0.05, 0.1) is 11.5 Å². The maximum absolute atomic E-state index is 11.8. The van der Waals surface area contributed by atoms with Crippen LogP contribution in [-0.4, -0.2) is 45.0 Å². The summed E-state index contributed by atoms with van der Waals surface area (Å²) >= 11 is 0. The Morgan fingerprint density at radius 3 is 2.58 bits per heavy atom. The molecule has 0 radical (unpaired) electrons. The van der Waals surface area contributed by atoms with Crippen molar-refractivity contribution in [2.75, 3.05) is 24.6 Å². The molecule has 0 saturated carbocycles. The third kappa shape index (κ3) is 5.91. The van der Waals surface area contributed by atoms with Crippen LogP contribution in [0.5, 0.6) is 0 Å². The monoisotopic (exact) mass is 290 g/mol. The zero-order chi connectivity index (χ0) is 14.7. The zero-order valence-corrected chi connectivity index (χ0v) is 13.1. The molecule has 0 spiro atoms. The van der Waals surface area contributed by atoms with E-state index in [0.29, 0.717) is 19.0 Å². The molecule has 2 N–H and O–H groups in total. The van der Waals surface area contributed by atoms with Crippen molar-refractivity contribution in [3.05, 3.63) is 0 Å². The van der Waals surface area contributed by atoms with Crippen LogP contribution in [0.1, 0.15) is 34.1 Å². The van der Waals surface area contributed by atoms with E-state index in [1.54, 1.807) is 0 Å². The molecule has 5 nitrogen and oxygen atoms in total. The molecule has 112 valence electrons. The molecule has 0 aromatic heterocycles. The third-order valence-electron chi connectivity index (χ3n) is 3.82. The van der Waals surface area contributed by atoms with Gasteiger partial charge in [-0.3, -0.25) is 4.79 Å². The standard InChI is InChI=1S/C13H26N2O3S/c1-10(13(2,3)4)8-15-12(16)7-11-9-19(17,18)6-5-14-11/h10-11,14H,5-9H2,1-4H3,(H,15,16). The van der Waals surface area contributed by atoms with Crippen molar-refractivity contribution in [1.29, 1.82) is 0 Å². The SMILES string of the molecule is CC(CNC(=O)CC1CS(=O)(=O)CCN1)C(C)(C)C. The van der Waals surface area contributed by atoms with Crippen LogP contribution in [0.3, 0.4) is 0 Å². The first-order valence-electron chi connectivity index (χ1n) is 6.80. The second kappa shape index (κ2) is 6.22. The summed E-state index contributed by atoms with van der Waals surface area (Å²) < 4.78 is 22.9. The molecule has 19 heavy (non-hydrogen) atoms. The third-order valence-corrected chi connectivity index (χ3v) is 5.55. The van der Waals surface area contributed by atoms with Gasteiger partial charge in [-0.25, -0.2) is 8.42 Å². The van der Waals surface area contributed by atoms with Crippen molar-refractivity contribution in [1.82, 2.24) is 10.6 Å². The van der Waals surface area contributed by atoms with Gasteiger partial charge in [0.2, 0.25) is 5.91 Å². The van der Waals surface area contributed by atoms with Crippen LogP contribution in [0.25, 0.3) is 0 Å². The summed E-state index contributed by atoms with van der Waals surface area (Å²) in [5, 5.41) is 5.97. The molecule has 0 aromatic rings. The molecule has 1 aliphatic rings. The van der Waals surface area contributed by atoms with E-state index in [4.69, 9.17) is 0 Å². The van der Waals surface area contributed by atoms with Gasteiger partial charge in [-0.05, 0) is 11.3 Å². The fraction of sp³-hybridized carbons (Fsp3) is 0.923. The Balaban J connectivity index is 2.36. The number of hydrogen-bond donors (Lipinski definition) is 2. The molecule has 1 rings (SSSR count). The minimum absolute atomic E-state index is 0.0647. The van der Waals surface area contributed by atoms with Gasteiger partial charge in [-0.1, -0.05) is 27.7 Å². The van der Waals surface area contributed by atoms with Crippen molar-refractivity contribution < 1.29 is 13.2 Å². The van der Waals surface area contributed by atoms with Gasteiger partial charge < -0.3 is 10.6 Å². The minimum atomic E-state index is -2.97. The number of rotatable bonds is 4. The predicted octanol–water partition coefficient (Wildman–Crippen LogP) is 0.562. The summed E-state index contributed by atoms with van der Waals surface area (Å²) in [4.78, 5) is 11.8. The zero-order valence-electron chi connectivity index (χ0n) is 12.3. The predicted molar refractivity (Wildman–Crippen MR) is 76.7 cm³/mol. The van der Waals surface area contributed by atoms with E-state index in [-0.39, 0.29) is 35.3 Å². The Labute approximate surface area is 116 Å². The van der Waals surface area contributed by atoms with Gasteiger partial charge in [-0.2, -0.15) is 0 Å². The Morgan fingerprint density at radius 2 is 2.05 bits per heavy atom. The van der Waals surface area contributed by atoms with Crippen molar-refractivity contribution >= 4 is 15.7 Å². The summed E-state index contributed by atoms with van der Waals surface area (Å²) in [7, 11) is -2.97. The van der Waals surface area contributed by atoms with E-state index in [2.05, 4.69) is 38.3 Å². The minimum Gasteiger partial charge on any atom is -0.356 e. The smallest absolute Gasteiger partial charge is 0.221 e. The van der Waals surface area contributed by atoms with Crippen LogP contribution in [0.2, 0.25) is 0 Å². The summed E-state index contributed by atoms with van der Waals surface area (Å²) in [6.07, 6.45) is 0.232. The maximum atomic E-state index is 11.8. The molecule has 1 heterocycles. The lowest BCUT2D eigenvalue weighted by Gasteiger charge is -2.28. The number of hydrogen-bond acceptors (Lipinski definition) is 4. The van der Waals surface area contributed by atoms with Gasteiger partial charge in [0, 0.05) is 25.6 Å². The summed E-state index contributed by atoms with van der Waals surface area (Å²) in [5.41, 5.74) is 0.152. The van der Waals surface area contributed by atoms with E-state index in [9.17, 15) is 13.2 Å². The summed E-state index contributed by atoms with van der Waals surface area (Å²) in [5.74, 6) is 0.534. The Bertz CT molecular complexity index is 412. The maximum Gasteiger partial charge on any atom is 0.221 e. The summed E-state index contributed by atoms with van der Waals surface area (Å²) in [6, 6.07) is -0.247. The lowest BCUT2D eigenvalue weighted by molar-refractivity contribution is -0.121. The normalized spacial score (nSPS) is 24.7. The first-order valence-corrected chi connectivity index (χ1v) is 8.63. The quantitative estimate of drug-likeness (QED) is 0.793. The number of carbonyl (C=O) groups excluding carboxylic acids is 1. The fourth-order valence-electron chi connectivity index (χ4n) is 1.87. The van der Waals surface area contributed by atoms with Crippen LogP contribution >= 0.6 is 0 Å². The molecule has 2 unspecified atom stereocenters. The molecule has 1 aliphatic heterocycles. The van der Waals surface area contributed by atoms with Crippen molar-refractivity contribution in [3.63, 3.8) is 0 Å². The van der Waals surface area contributed by atoms with Crippen LogP contribution in [0.4, 0.5) is 0 Å². The molecular weight excluding hydrogens is 264 g/mol. The molecule has 0 aromatic carbocycles. The lowest BCUT2D eigenvalue weighted by atomic mass is 9.82. The molecular formula is C13H26N2O3S. The van der Waals surface area contributed by atoms with Gasteiger partial charge in [0.1, 0.15) is 0 Å². The Morgan fingerprint density at radius 1 is 1.42 bits per heavy atom. The Hall–Kier alpha value is -0.620. The molecule has 0 bridgehead atoms. The van der Waals surface area contributed by atoms with Crippen LogP contribution in [-0.2, 0) is 14.6 Å². The van der Waals surface area contributed by atoms with Crippen LogP contribution < -0.4 is 10.6 Å². The summed E-state index contributed by atoms with van der Waals surface area (Å²) in [6.45, 7) is 9.58. The van der Waals surface area contributed by atoms with Crippen molar-refractivity contribution in [2.45, 2.75) is 40.2 Å². The second-order valence-corrected chi connectivity index (χ2v) is 8.77. The average Bonchev–Trinajstić information content (AvgIpc) is 2.23. The second-order valence-electron chi connectivity index (χ2n) is 6.54. The fourth-order valence-corrected chi connectivity index (χ4v) is 3.31. The molecule has 1 fully saturated rings. The Kier molecular flexibility index (Phi) is 5.38. The van der Waals surface area contributed by atoms with E-state index < -0.39 is 9.84 Å². The van der Waals surface area contributed by atoms with Crippen LogP contribution in [0.15, 0.2) is 0 Å². The van der Waals surface area contributed by atoms with E-state index in [0.717, 1.165) is 0 Å². The van der Waals surface area contributed by atoms with Gasteiger partial charge in [-0.15, -0.1) is 0 Å². The average molecular weight is 290 g/mol. The first-order chi connectivity index (χ1) is 8.60. The number of nitrogens with one attached hydrogen (secondary N) is 2. The van der Waals surface area contributed by atoms with Crippen molar-refractivity contribution in [2.24, 2.45) is 11.3 Å². The van der Waals surface area contributed by atoms with Crippen molar-refractivity contribution in [3.8, 4) is 0 Å². The van der Waals surface area contributed by atoms with Crippen LogP contribution in [0, 0.1) is 11.3 Å². The number of amides is 1. The molecule has 6 heteroatoms. The first kappa shape index (κ1) is 16.4. The van der Waals surface area contributed by atoms with Gasteiger partial charge in [0.15, 0.2) is 9.84 Å². The highest BCUT2D eigenvalue weighted by atomic mass is 32.2. The molecule has 2 atom stereocenters. The largest absolute Gasteiger partial charge is 0.356 e. The van der Waals surface area contributed by atoms with Gasteiger partial charge in [0.25, 0.3) is 0 Å².